The molecule has 1 aliphatic rings. The first kappa shape index (κ1) is 11.3. The van der Waals surface area contributed by atoms with Crippen molar-refractivity contribution in [2.75, 3.05) is 7.11 Å². The third-order valence-electron chi connectivity index (χ3n) is 3.56. The smallest absolute Gasteiger partial charge is 0.118 e. The Morgan fingerprint density at radius 3 is 2.50 bits per heavy atom. The lowest BCUT2D eigenvalue weighted by Gasteiger charge is -2.15. The number of hydrogen-bond donors (Lipinski definition) is 0. The van der Waals surface area contributed by atoms with E-state index in [2.05, 4.69) is 24.3 Å². The van der Waals surface area contributed by atoms with E-state index in [4.69, 9.17) is 9.72 Å². The zero-order chi connectivity index (χ0) is 12.4. The van der Waals surface area contributed by atoms with Crippen molar-refractivity contribution in [2.24, 2.45) is 0 Å². The van der Waals surface area contributed by atoms with Crippen molar-refractivity contribution in [1.29, 1.82) is 0 Å². The standard InChI is InChI=1S/C16H17NO/c1-18-14-9-6-13(7-10-14)16-11-8-12-4-2-3-5-15(12)17-16/h6-11H,2-5H2,1H3. The summed E-state index contributed by atoms with van der Waals surface area (Å²) < 4.78 is 5.18. The second-order valence-electron chi connectivity index (χ2n) is 4.74. The number of rotatable bonds is 2. The molecule has 2 nitrogen and oxygen atoms in total. The molecule has 0 bridgehead atoms. The third kappa shape index (κ3) is 2.10. The van der Waals surface area contributed by atoms with Gasteiger partial charge in [-0.3, -0.25) is 4.98 Å². The van der Waals surface area contributed by atoms with E-state index in [1.165, 1.54) is 30.5 Å². The van der Waals surface area contributed by atoms with E-state index in [9.17, 15) is 0 Å². The van der Waals surface area contributed by atoms with Crippen LogP contribution in [0, 0.1) is 0 Å². The minimum Gasteiger partial charge on any atom is -0.497 e. The van der Waals surface area contributed by atoms with Gasteiger partial charge in [-0.2, -0.15) is 0 Å². The first-order chi connectivity index (χ1) is 8.86. The predicted molar refractivity (Wildman–Crippen MR) is 72.9 cm³/mol. The van der Waals surface area contributed by atoms with Crippen molar-refractivity contribution < 1.29 is 4.74 Å². The monoisotopic (exact) mass is 239 g/mol. The highest BCUT2D eigenvalue weighted by molar-refractivity contribution is 5.60. The highest BCUT2D eigenvalue weighted by Crippen LogP contribution is 2.25. The lowest BCUT2D eigenvalue weighted by molar-refractivity contribution is 0.415. The molecule has 0 saturated carbocycles. The number of nitrogens with zero attached hydrogens (tertiary/aromatic N) is 1. The largest absolute Gasteiger partial charge is 0.497 e. The van der Waals surface area contributed by atoms with Crippen molar-refractivity contribution in [3.8, 4) is 17.0 Å². The molecule has 1 aromatic carbocycles. The van der Waals surface area contributed by atoms with Crippen LogP contribution in [0.25, 0.3) is 11.3 Å². The highest BCUT2D eigenvalue weighted by atomic mass is 16.5. The average Bonchev–Trinajstić information content (AvgIpc) is 2.47. The number of benzene rings is 1. The summed E-state index contributed by atoms with van der Waals surface area (Å²) in [7, 11) is 1.69. The molecule has 2 aromatic rings. The lowest BCUT2D eigenvalue weighted by atomic mass is 9.95. The number of fused-ring (bicyclic) bond motifs is 1. The molecule has 0 atom stereocenters. The van der Waals surface area contributed by atoms with Crippen LogP contribution < -0.4 is 4.74 Å². The fraction of sp³-hybridized carbons (Fsp3) is 0.312. The molecule has 92 valence electrons. The van der Waals surface area contributed by atoms with Gasteiger partial charge in [-0.1, -0.05) is 6.07 Å². The van der Waals surface area contributed by atoms with Crippen LogP contribution in [-0.4, -0.2) is 12.1 Å². The van der Waals surface area contributed by atoms with Crippen LogP contribution in [0.5, 0.6) is 5.75 Å². The molecule has 0 amide bonds. The Labute approximate surface area is 108 Å². The molecule has 0 N–H and O–H groups in total. The molecule has 0 radical (unpaired) electrons. The lowest BCUT2D eigenvalue weighted by Crippen LogP contribution is -2.05. The Morgan fingerprint density at radius 1 is 0.944 bits per heavy atom. The second kappa shape index (κ2) is 4.81. The molecule has 18 heavy (non-hydrogen) atoms. The number of methoxy groups -OCH3 is 1. The van der Waals surface area contributed by atoms with Crippen LogP contribution in [0.2, 0.25) is 0 Å². The fourth-order valence-electron chi connectivity index (χ4n) is 2.50. The Kier molecular flexibility index (Phi) is 3.01. The Balaban J connectivity index is 1.95. The quantitative estimate of drug-likeness (QED) is 0.798. The maximum absolute atomic E-state index is 5.18. The van der Waals surface area contributed by atoms with Gasteiger partial charge in [0.25, 0.3) is 0 Å². The summed E-state index contributed by atoms with van der Waals surface area (Å²) in [6, 6.07) is 12.5. The molecule has 0 fully saturated rings. The summed E-state index contributed by atoms with van der Waals surface area (Å²) in [6.07, 6.45) is 4.88. The predicted octanol–water partition coefficient (Wildman–Crippen LogP) is 3.64. The van der Waals surface area contributed by atoms with Crippen molar-refractivity contribution >= 4 is 0 Å². The normalized spacial score (nSPS) is 14.1. The Hall–Kier alpha value is -1.83. The summed E-state index contributed by atoms with van der Waals surface area (Å²) in [5.74, 6) is 0.886. The minimum atomic E-state index is 0.886. The molecular weight excluding hydrogens is 222 g/mol. The van der Waals surface area contributed by atoms with Gasteiger partial charge in [0.2, 0.25) is 0 Å². The zero-order valence-corrected chi connectivity index (χ0v) is 10.6. The van der Waals surface area contributed by atoms with Gasteiger partial charge in [-0.05, 0) is 61.6 Å². The SMILES string of the molecule is COc1ccc(-c2ccc3c(n2)CCCC3)cc1. The second-order valence-corrected chi connectivity index (χ2v) is 4.74. The summed E-state index contributed by atoms with van der Waals surface area (Å²) in [4.78, 5) is 4.80. The Bertz CT molecular complexity index is 546. The van der Waals surface area contributed by atoms with Crippen molar-refractivity contribution in [3.05, 3.63) is 47.7 Å². The van der Waals surface area contributed by atoms with Crippen LogP contribution in [0.4, 0.5) is 0 Å². The van der Waals surface area contributed by atoms with Gasteiger partial charge >= 0.3 is 0 Å². The topological polar surface area (TPSA) is 22.1 Å². The van der Waals surface area contributed by atoms with Crippen LogP contribution in [-0.2, 0) is 12.8 Å². The van der Waals surface area contributed by atoms with Crippen LogP contribution in [0.15, 0.2) is 36.4 Å². The van der Waals surface area contributed by atoms with E-state index in [1.54, 1.807) is 7.11 Å². The molecule has 1 aliphatic carbocycles. The first-order valence-electron chi connectivity index (χ1n) is 6.50. The summed E-state index contributed by atoms with van der Waals surface area (Å²) in [6.45, 7) is 0. The minimum absolute atomic E-state index is 0.886. The van der Waals surface area contributed by atoms with Gasteiger partial charge in [0.15, 0.2) is 0 Å². The molecule has 1 aromatic heterocycles. The maximum Gasteiger partial charge on any atom is 0.118 e. The summed E-state index contributed by atoms with van der Waals surface area (Å²) >= 11 is 0. The summed E-state index contributed by atoms with van der Waals surface area (Å²) in [5, 5.41) is 0. The van der Waals surface area contributed by atoms with E-state index in [0.717, 1.165) is 23.4 Å². The van der Waals surface area contributed by atoms with E-state index in [0.29, 0.717) is 0 Å². The van der Waals surface area contributed by atoms with Gasteiger partial charge in [0, 0.05) is 11.3 Å². The van der Waals surface area contributed by atoms with Gasteiger partial charge in [0.05, 0.1) is 12.8 Å². The number of ether oxygens (including phenoxy) is 1. The fourth-order valence-corrected chi connectivity index (χ4v) is 2.50. The molecule has 2 heteroatoms. The van der Waals surface area contributed by atoms with Gasteiger partial charge in [0.1, 0.15) is 5.75 Å². The third-order valence-corrected chi connectivity index (χ3v) is 3.56. The van der Waals surface area contributed by atoms with Crippen molar-refractivity contribution in [1.82, 2.24) is 4.98 Å². The zero-order valence-electron chi connectivity index (χ0n) is 10.6. The summed E-state index contributed by atoms with van der Waals surface area (Å²) in [5.41, 5.74) is 4.94. The van der Waals surface area contributed by atoms with Crippen LogP contribution >= 0.6 is 0 Å². The first-order valence-corrected chi connectivity index (χ1v) is 6.50. The molecular formula is C16H17NO. The van der Waals surface area contributed by atoms with Crippen LogP contribution in [0.3, 0.4) is 0 Å². The van der Waals surface area contributed by atoms with Crippen molar-refractivity contribution in [3.63, 3.8) is 0 Å². The van der Waals surface area contributed by atoms with Crippen molar-refractivity contribution in [2.45, 2.75) is 25.7 Å². The van der Waals surface area contributed by atoms with Crippen LogP contribution in [0.1, 0.15) is 24.1 Å². The van der Waals surface area contributed by atoms with Gasteiger partial charge in [-0.15, -0.1) is 0 Å². The van der Waals surface area contributed by atoms with Gasteiger partial charge in [-0.25, -0.2) is 0 Å². The maximum atomic E-state index is 5.18. The van der Waals surface area contributed by atoms with E-state index < -0.39 is 0 Å². The molecule has 0 unspecified atom stereocenters. The van der Waals surface area contributed by atoms with E-state index >= 15 is 0 Å². The number of aryl methyl sites for hydroxylation is 2. The molecule has 0 aliphatic heterocycles. The highest BCUT2D eigenvalue weighted by Gasteiger charge is 2.11. The Morgan fingerprint density at radius 2 is 1.72 bits per heavy atom. The molecule has 3 rings (SSSR count). The van der Waals surface area contributed by atoms with Gasteiger partial charge < -0.3 is 4.74 Å². The number of hydrogen-bond acceptors (Lipinski definition) is 2. The average molecular weight is 239 g/mol. The molecule has 0 spiro atoms. The molecule has 1 heterocycles. The number of pyridine rings is 1. The van der Waals surface area contributed by atoms with E-state index in [1.807, 2.05) is 12.1 Å². The molecule has 0 saturated heterocycles. The number of aromatic nitrogens is 1. The van der Waals surface area contributed by atoms with E-state index in [-0.39, 0.29) is 0 Å².